The molecule has 0 saturated heterocycles. The van der Waals surface area contributed by atoms with E-state index in [-0.39, 0.29) is 18.0 Å². The molecule has 0 atom stereocenters. The van der Waals surface area contributed by atoms with Crippen molar-refractivity contribution in [3.63, 3.8) is 0 Å². The van der Waals surface area contributed by atoms with E-state index in [1.165, 1.54) is 17.0 Å². The predicted octanol–water partition coefficient (Wildman–Crippen LogP) is 2.00. The summed E-state index contributed by atoms with van der Waals surface area (Å²) < 4.78 is 13.6. The van der Waals surface area contributed by atoms with E-state index < -0.39 is 5.82 Å². The van der Waals surface area contributed by atoms with Crippen LogP contribution in [0.15, 0.2) is 18.2 Å². The van der Waals surface area contributed by atoms with Gasteiger partial charge in [-0.25, -0.2) is 4.39 Å². The van der Waals surface area contributed by atoms with Gasteiger partial charge < -0.3 is 9.80 Å². The van der Waals surface area contributed by atoms with Gasteiger partial charge >= 0.3 is 0 Å². The lowest BCUT2D eigenvalue weighted by Crippen LogP contribution is -2.37. The standard InChI is InChI=1S/C14H18FN3O/c1-4-7-18(10-14(19)17(2)3)12-6-5-11(9-16)13(15)8-12/h5-6,8H,4,7,10H2,1-3H3. The second-order valence-corrected chi connectivity index (χ2v) is 4.49. The van der Waals surface area contributed by atoms with Gasteiger partial charge in [0.2, 0.25) is 5.91 Å². The van der Waals surface area contributed by atoms with Crippen molar-refractivity contribution in [2.75, 3.05) is 32.1 Å². The Kier molecular flexibility index (Phi) is 5.31. The minimum absolute atomic E-state index is 0.0131. The number of carbonyl (C=O) groups excluding carboxylic acids is 1. The number of anilines is 1. The lowest BCUT2D eigenvalue weighted by atomic mass is 10.2. The van der Waals surface area contributed by atoms with E-state index in [0.29, 0.717) is 12.2 Å². The Balaban J connectivity index is 2.96. The molecule has 0 aromatic heterocycles. The maximum absolute atomic E-state index is 13.6. The van der Waals surface area contributed by atoms with Gasteiger partial charge in [-0.3, -0.25) is 4.79 Å². The van der Waals surface area contributed by atoms with Crippen LogP contribution in [0.5, 0.6) is 0 Å². The van der Waals surface area contributed by atoms with E-state index >= 15 is 0 Å². The predicted molar refractivity (Wildman–Crippen MR) is 72.3 cm³/mol. The van der Waals surface area contributed by atoms with Gasteiger partial charge in [-0.2, -0.15) is 5.26 Å². The summed E-state index contributed by atoms with van der Waals surface area (Å²) in [5.74, 6) is -0.600. The molecule has 0 aliphatic heterocycles. The van der Waals surface area contributed by atoms with E-state index in [1.807, 2.05) is 11.8 Å². The number of hydrogen-bond donors (Lipinski definition) is 0. The van der Waals surface area contributed by atoms with Crippen LogP contribution in [0.4, 0.5) is 10.1 Å². The number of rotatable bonds is 5. The minimum Gasteiger partial charge on any atom is -0.362 e. The highest BCUT2D eigenvalue weighted by Gasteiger charge is 2.14. The Morgan fingerprint density at radius 2 is 2.11 bits per heavy atom. The van der Waals surface area contributed by atoms with Crippen LogP contribution in [-0.4, -0.2) is 38.0 Å². The fraction of sp³-hybridized carbons (Fsp3) is 0.429. The molecular weight excluding hydrogens is 245 g/mol. The number of hydrogen-bond acceptors (Lipinski definition) is 3. The molecule has 0 radical (unpaired) electrons. The van der Waals surface area contributed by atoms with Gasteiger partial charge in [0.25, 0.3) is 0 Å². The monoisotopic (exact) mass is 263 g/mol. The average Bonchev–Trinajstić information content (AvgIpc) is 2.37. The molecule has 19 heavy (non-hydrogen) atoms. The first-order valence-electron chi connectivity index (χ1n) is 6.14. The molecule has 0 bridgehead atoms. The van der Waals surface area contributed by atoms with Crippen LogP contribution in [0, 0.1) is 17.1 Å². The molecule has 1 aromatic rings. The molecule has 5 heteroatoms. The second kappa shape index (κ2) is 6.74. The van der Waals surface area contributed by atoms with E-state index in [0.717, 1.165) is 6.42 Å². The molecular formula is C14H18FN3O. The summed E-state index contributed by atoms with van der Waals surface area (Å²) in [4.78, 5) is 15.1. The van der Waals surface area contributed by atoms with E-state index in [2.05, 4.69) is 0 Å². The van der Waals surface area contributed by atoms with Gasteiger partial charge in [-0.05, 0) is 24.6 Å². The molecule has 102 valence electrons. The number of nitrogens with zero attached hydrogens (tertiary/aromatic N) is 3. The van der Waals surface area contributed by atoms with Gasteiger partial charge in [0.05, 0.1) is 12.1 Å². The van der Waals surface area contributed by atoms with Crippen molar-refractivity contribution < 1.29 is 9.18 Å². The quantitative estimate of drug-likeness (QED) is 0.816. The summed E-state index contributed by atoms with van der Waals surface area (Å²) in [7, 11) is 3.37. The van der Waals surface area contributed by atoms with Gasteiger partial charge in [-0.1, -0.05) is 6.92 Å². The number of amides is 1. The lowest BCUT2D eigenvalue weighted by Gasteiger charge is -2.25. The van der Waals surface area contributed by atoms with Gasteiger partial charge in [0.1, 0.15) is 11.9 Å². The minimum atomic E-state index is -0.557. The van der Waals surface area contributed by atoms with Crippen molar-refractivity contribution in [2.24, 2.45) is 0 Å². The Labute approximate surface area is 113 Å². The smallest absolute Gasteiger partial charge is 0.241 e. The molecule has 0 aliphatic rings. The van der Waals surface area contributed by atoms with Crippen molar-refractivity contribution in [3.8, 4) is 6.07 Å². The largest absolute Gasteiger partial charge is 0.362 e. The molecule has 1 rings (SSSR count). The average molecular weight is 263 g/mol. The number of nitriles is 1. The number of likely N-dealkylation sites (N-methyl/N-ethyl adjacent to an activating group) is 1. The van der Waals surface area contributed by atoms with E-state index in [1.54, 1.807) is 26.2 Å². The van der Waals surface area contributed by atoms with Crippen molar-refractivity contribution in [3.05, 3.63) is 29.6 Å². The van der Waals surface area contributed by atoms with Crippen molar-refractivity contribution in [1.29, 1.82) is 5.26 Å². The molecule has 1 aromatic carbocycles. The number of carbonyl (C=O) groups is 1. The molecule has 0 aliphatic carbocycles. The number of halogens is 1. The van der Waals surface area contributed by atoms with Crippen molar-refractivity contribution in [1.82, 2.24) is 4.90 Å². The highest BCUT2D eigenvalue weighted by molar-refractivity contribution is 5.81. The van der Waals surface area contributed by atoms with Crippen LogP contribution >= 0.6 is 0 Å². The first kappa shape index (κ1) is 15.0. The van der Waals surface area contributed by atoms with Crippen molar-refractivity contribution >= 4 is 11.6 Å². The van der Waals surface area contributed by atoms with E-state index in [9.17, 15) is 9.18 Å². The molecule has 0 spiro atoms. The maximum Gasteiger partial charge on any atom is 0.241 e. The molecule has 0 unspecified atom stereocenters. The highest BCUT2D eigenvalue weighted by Crippen LogP contribution is 2.18. The summed E-state index contributed by atoms with van der Waals surface area (Å²) >= 11 is 0. The summed E-state index contributed by atoms with van der Waals surface area (Å²) in [5, 5.41) is 8.71. The Morgan fingerprint density at radius 3 is 2.58 bits per heavy atom. The molecule has 4 nitrogen and oxygen atoms in total. The molecule has 1 amide bonds. The molecule has 0 saturated carbocycles. The second-order valence-electron chi connectivity index (χ2n) is 4.49. The van der Waals surface area contributed by atoms with Gasteiger partial charge in [0, 0.05) is 26.3 Å². The van der Waals surface area contributed by atoms with E-state index in [4.69, 9.17) is 5.26 Å². The molecule has 0 fully saturated rings. The van der Waals surface area contributed by atoms with Crippen LogP contribution in [0.25, 0.3) is 0 Å². The van der Waals surface area contributed by atoms with Crippen LogP contribution in [0.3, 0.4) is 0 Å². The first-order valence-corrected chi connectivity index (χ1v) is 6.14. The molecule has 0 N–H and O–H groups in total. The fourth-order valence-corrected chi connectivity index (χ4v) is 1.67. The SMILES string of the molecule is CCCN(CC(=O)N(C)C)c1ccc(C#N)c(F)c1. The summed E-state index contributed by atoms with van der Waals surface area (Å²) in [6.07, 6.45) is 0.850. The normalized spacial score (nSPS) is 9.84. The maximum atomic E-state index is 13.6. The fourth-order valence-electron chi connectivity index (χ4n) is 1.67. The zero-order valence-corrected chi connectivity index (χ0v) is 11.5. The first-order chi connectivity index (χ1) is 8.99. The van der Waals surface area contributed by atoms with Crippen molar-refractivity contribution in [2.45, 2.75) is 13.3 Å². The van der Waals surface area contributed by atoms with Crippen LogP contribution in [0.2, 0.25) is 0 Å². The third kappa shape index (κ3) is 3.95. The third-order valence-corrected chi connectivity index (χ3v) is 2.76. The lowest BCUT2D eigenvalue weighted by molar-refractivity contribution is -0.127. The summed E-state index contributed by atoms with van der Waals surface area (Å²) in [6, 6.07) is 6.19. The topological polar surface area (TPSA) is 47.3 Å². The Bertz CT molecular complexity index is 494. The summed E-state index contributed by atoms with van der Waals surface area (Å²) in [5.41, 5.74) is 0.632. The van der Waals surface area contributed by atoms with Gasteiger partial charge in [0.15, 0.2) is 0 Å². The molecule has 0 heterocycles. The Hall–Kier alpha value is -2.09. The summed E-state index contributed by atoms with van der Waals surface area (Å²) in [6.45, 7) is 2.85. The van der Waals surface area contributed by atoms with Gasteiger partial charge in [-0.15, -0.1) is 0 Å². The zero-order valence-electron chi connectivity index (χ0n) is 11.5. The Morgan fingerprint density at radius 1 is 1.42 bits per heavy atom. The van der Waals surface area contributed by atoms with Crippen LogP contribution < -0.4 is 4.90 Å². The zero-order chi connectivity index (χ0) is 14.4. The third-order valence-electron chi connectivity index (χ3n) is 2.76. The van der Waals surface area contributed by atoms with Crippen LogP contribution in [-0.2, 0) is 4.79 Å². The number of benzene rings is 1. The van der Waals surface area contributed by atoms with Crippen LogP contribution in [0.1, 0.15) is 18.9 Å². The highest BCUT2D eigenvalue weighted by atomic mass is 19.1.